The van der Waals surface area contributed by atoms with Crippen molar-refractivity contribution in [3.8, 4) is 0 Å². The molecule has 3 nitrogen and oxygen atoms in total. The predicted octanol–water partition coefficient (Wildman–Crippen LogP) is 5.48. The van der Waals surface area contributed by atoms with E-state index in [2.05, 4.69) is 6.92 Å². The molecule has 0 heterocycles. The molecule has 0 atom stereocenters. The molecule has 0 spiro atoms. The summed E-state index contributed by atoms with van der Waals surface area (Å²) < 4.78 is 0. The van der Waals surface area contributed by atoms with Crippen LogP contribution in [0.4, 0.5) is 0 Å². The molecule has 0 rings (SSSR count). The van der Waals surface area contributed by atoms with Gasteiger partial charge >= 0.3 is 0 Å². The molecule has 0 aromatic carbocycles. The Kier molecular flexibility index (Phi) is 13.5. The van der Waals surface area contributed by atoms with Crippen molar-refractivity contribution in [2.45, 2.75) is 84.0 Å². The van der Waals surface area contributed by atoms with Crippen molar-refractivity contribution in [3.05, 3.63) is 22.4 Å². The topological polar surface area (TPSA) is 43.1 Å². The standard InChI is InChI=1S/C15H29NO2/c1-2-3-4-5-6-7-8-9-10-11-12-13-14-15-16(17)18/h14-15H,2-13H2,1H3/b15-14+. The molecule has 0 aliphatic heterocycles. The van der Waals surface area contributed by atoms with Crippen LogP contribution in [0.15, 0.2) is 12.3 Å². The normalized spacial score (nSPS) is 11.2. The third-order valence-electron chi connectivity index (χ3n) is 3.20. The first kappa shape index (κ1) is 17.1. The minimum atomic E-state index is -0.390. The highest BCUT2D eigenvalue weighted by atomic mass is 16.6. The number of unbranched alkanes of at least 4 members (excludes halogenated alkanes) is 11. The number of hydrogen-bond acceptors (Lipinski definition) is 2. The molecule has 0 aromatic rings. The number of nitro groups is 1. The Morgan fingerprint density at radius 3 is 1.72 bits per heavy atom. The van der Waals surface area contributed by atoms with Crippen LogP contribution in [0.1, 0.15) is 84.0 Å². The molecule has 0 aliphatic rings. The van der Waals surface area contributed by atoms with Gasteiger partial charge in [-0.3, -0.25) is 10.1 Å². The molecular weight excluding hydrogens is 226 g/mol. The third kappa shape index (κ3) is 15.1. The molecule has 3 heteroatoms. The Bertz CT molecular complexity index is 215. The molecule has 0 saturated heterocycles. The number of rotatable bonds is 13. The molecule has 106 valence electrons. The maximum absolute atomic E-state index is 10.0. The largest absolute Gasteiger partial charge is 0.259 e. The highest BCUT2D eigenvalue weighted by Gasteiger charge is 1.92. The van der Waals surface area contributed by atoms with E-state index in [1.807, 2.05) is 0 Å². The second-order valence-corrected chi connectivity index (χ2v) is 4.99. The summed E-state index contributed by atoms with van der Waals surface area (Å²) >= 11 is 0. The molecular formula is C15H29NO2. The fourth-order valence-corrected chi connectivity index (χ4v) is 2.09. The smallest absolute Gasteiger partial charge is 0.230 e. The summed E-state index contributed by atoms with van der Waals surface area (Å²) in [6, 6.07) is 0. The Hall–Kier alpha value is -0.860. The molecule has 0 amide bonds. The van der Waals surface area contributed by atoms with E-state index in [4.69, 9.17) is 0 Å². The van der Waals surface area contributed by atoms with E-state index in [1.54, 1.807) is 6.08 Å². The minimum absolute atomic E-state index is 0.390. The van der Waals surface area contributed by atoms with Gasteiger partial charge in [-0.05, 0) is 18.9 Å². The van der Waals surface area contributed by atoms with E-state index >= 15 is 0 Å². The van der Waals surface area contributed by atoms with Crippen molar-refractivity contribution in [3.63, 3.8) is 0 Å². The maximum Gasteiger partial charge on any atom is 0.230 e. The molecule has 0 unspecified atom stereocenters. The Labute approximate surface area is 112 Å². The van der Waals surface area contributed by atoms with Crippen molar-refractivity contribution in [1.82, 2.24) is 0 Å². The van der Waals surface area contributed by atoms with Gasteiger partial charge in [-0.2, -0.15) is 0 Å². The van der Waals surface area contributed by atoms with Gasteiger partial charge in [0, 0.05) is 0 Å². The van der Waals surface area contributed by atoms with Gasteiger partial charge in [0.05, 0.1) is 4.92 Å². The summed E-state index contributed by atoms with van der Waals surface area (Å²) in [5, 5.41) is 10.0. The number of hydrogen-bond donors (Lipinski definition) is 0. The number of nitrogens with zero attached hydrogens (tertiary/aromatic N) is 1. The minimum Gasteiger partial charge on any atom is -0.259 e. The summed E-state index contributed by atoms with van der Waals surface area (Å²) in [5.41, 5.74) is 0. The van der Waals surface area contributed by atoms with Crippen LogP contribution in [0.2, 0.25) is 0 Å². The fraction of sp³-hybridized carbons (Fsp3) is 0.867. The Morgan fingerprint density at radius 1 is 0.833 bits per heavy atom. The first-order chi connectivity index (χ1) is 8.77. The van der Waals surface area contributed by atoms with Gasteiger partial charge in [0.2, 0.25) is 6.20 Å². The lowest BCUT2D eigenvalue weighted by Gasteiger charge is -2.01. The summed E-state index contributed by atoms with van der Waals surface area (Å²) in [5.74, 6) is 0. The number of allylic oxidation sites excluding steroid dienone is 1. The van der Waals surface area contributed by atoms with Crippen LogP contribution >= 0.6 is 0 Å². The fourth-order valence-electron chi connectivity index (χ4n) is 2.09. The first-order valence-corrected chi connectivity index (χ1v) is 7.57. The van der Waals surface area contributed by atoms with Crippen LogP contribution in [0.25, 0.3) is 0 Å². The lowest BCUT2D eigenvalue weighted by molar-refractivity contribution is -0.402. The monoisotopic (exact) mass is 255 g/mol. The van der Waals surface area contributed by atoms with Crippen LogP contribution in [0, 0.1) is 10.1 Å². The summed E-state index contributed by atoms with van der Waals surface area (Å²) in [7, 11) is 0. The summed E-state index contributed by atoms with van der Waals surface area (Å²) in [6.07, 6.45) is 18.1. The molecule has 0 fully saturated rings. The summed E-state index contributed by atoms with van der Waals surface area (Å²) in [6.45, 7) is 2.25. The molecule has 0 aromatic heterocycles. The van der Waals surface area contributed by atoms with Crippen molar-refractivity contribution < 1.29 is 4.92 Å². The van der Waals surface area contributed by atoms with Crippen LogP contribution in [0.3, 0.4) is 0 Å². The van der Waals surface area contributed by atoms with E-state index in [9.17, 15) is 10.1 Å². The van der Waals surface area contributed by atoms with E-state index < -0.39 is 4.92 Å². The molecule has 0 aliphatic carbocycles. The highest BCUT2D eigenvalue weighted by molar-refractivity contribution is 4.71. The van der Waals surface area contributed by atoms with Gasteiger partial charge in [0.15, 0.2) is 0 Å². The van der Waals surface area contributed by atoms with E-state index in [0.29, 0.717) is 0 Å². The lowest BCUT2D eigenvalue weighted by Crippen LogP contribution is -1.83. The summed E-state index contributed by atoms with van der Waals surface area (Å²) in [4.78, 5) is 9.63. The van der Waals surface area contributed by atoms with Crippen LogP contribution < -0.4 is 0 Å². The van der Waals surface area contributed by atoms with Gasteiger partial charge in [-0.1, -0.05) is 71.1 Å². The SMILES string of the molecule is CCCCCCCCCCCCC/C=C/[N+](=O)[O-]. The van der Waals surface area contributed by atoms with Gasteiger partial charge in [-0.15, -0.1) is 0 Å². The van der Waals surface area contributed by atoms with Crippen LogP contribution in [0.5, 0.6) is 0 Å². The molecule has 0 bridgehead atoms. The first-order valence-electron chi connectivity index (χ1n) is 7.57. The molecule has 0 radical (unpaired) electrons. The zero-order valence-corrected chi connectivity index (χ0v) is 11.9. The van der Waals surface area contributed by atoms with Crippen molar-refractivity contribution in [2.24, 2.45) is 0 Å². The van der Waals surface area contributed by atoms with Crippen molar-refractivity contribution in [1.29, 1.82) is 0 Å². The predicted molar refractivity (Wildman–Crippen MR) is 77.2 cm³/mol. The van der Waals surface area contributed by atoms with Crippen LogP contribution in [-0.4, -0.2) is 4.92 Å². The second kappa shape index (κ2) is 14.2. The van der Waals surface area contributed by atoms with Gasteiger partial charge in [0.25, 0.3) is 0 Å². The molecule has 18 heavy (non-hydrogen) atoms. The quantitative estimate of drug-likeness (QED) is 0.248. The van der Waals surface area contributed by atoms with Crippen LogP contribution in [-0.2, 0) is 0 Å². The molecule has 0 saturated carbocycles. The van der Waals surface area contributed by atoms with Crippen molar-refractivity contribution in [2.75, 3.05) is 0 Å². The van der Waals surface area contributed by atoms with E-state index in [0.717, 1.165) is 19.0 Å². The van der Waals surface area contributed by atoms with Gasteiger partial charge < -0.3 is 0 Å². The third-order valence-corrected chi connectivity index (χ3v) is 3.20. The second-order valence-electron chi connectivity index (χ2n) is 4.99. The van der Waals surface area contributed by atoms with Gasteiger partial charge in [0.1, 0.15) is 0 Å². The highest BCUT2D eigenvalue weighted by Crippen LogP contribution is 2.11. The maximum atomic E-state index is 10.0. The van der Waals surface area contributed by atoms with E-state index in [-0.39, 0.29) is 0 Å². The Morgan fingerprint density at radius 2 is 1.28 bits per heavy atom. The zero-order valence-electron chi connectivity index (χ0n) is 11.9. The average Bonchev–Trinajstić information content (AvgIpc) is 2.34. The van der Waals surface area contributed by atoms with Gasteiger partial charge in [-0.25, -0.2) is 0 Å². The van der Waals surface area contributed by atoms with Crippen molar-refractivity contribution >= 4 is 0 Å². The average molecular weight is 255 g/mol. The zero-order chi connectivity index (χ0) is 13.5. The Balaban J connectivity index is 3.01. The molecule has 0 N–H and O–H groups in total. The van der Waals surface area contributed by atoms with E-state index in [1.165, 1.54) is 64.2 Å². The lowest BCUT2D eigenvalue weighted by atomic mass is 10.1.